The Hall–Kier alpha value is -4.16. The molecule has 0 unspecified atom stereocenters. The first-order chi connectivity index (χ1) is 20.1. The van der Waals surface area contributed by atoms with Crippen molar-refractivity contribution in [2.75, 3.05) is 32.9 Å². The third kappa shape index (κ3) is 6.13. The van der Waals surface area contributed by atoms with Gasteiger partial charge in [0.2, 0.25) is 0 Å². The summed E-state index contributed by atoms with van der Waals surface area (Å²) in [6.07, 6.45) is 0. The fourth-order valence-electron chi connectivity index (χ4n) is 5.60. The highest BCUT2D eigenvalue weighted by Crippen LogP contribution is 2.36. The number of halogens is 2. The minimum absolute atomic E-state index is 0.191. The first kappa shape index (κ1) is 27.0. The normalized spacial score (nSPS) is 13.8. The minimum Gasteiger partial charge on any atom is -0.492 e. The van der Waals surface area contributed by atoms with E-state index < -0.39 is 0 Å². The average Bonchev–Trinajstić information content (AvgIpc) is 3.25. The van der Waals surface area contributed by atoms with Crippen LogP contribution in [0, 0.1) is 18.7 Å². The van der Waals surface area contributed by atoms with E-state index in [1.807, 2.05) is 48.5 Å². The molecule has 0 amide bonds. The van der Waals surface area contributed by atoms with Gasteiger partial charge in [-0.3, -0.25) is 9.29 Å². The van der Waals surface area contributed by atoms with Crippen molar-refractivity contribution in [2.24, 2.45) is 5.92 Å². The van der Waals surface area contributed by atoms with Crippen molar-refractivity contribution < 1.29 is 18.3 Å². The lowest BCUT2D eigenvalue weighted by Gasteiger charge is -2.37. The summed E-state index contributed by atoms with van der Waals surface area (Å²) in [5, 5.41) is 1.11. The lowest BCUT2D eigenvalue weighted by atomic mass is 10.0. The molecule has 1 aliphatic rings. The predicted molar refractivity (Wildman–Crippen MR) is 160 cm³/mol. The van der Waals surface area contributed by atoms with Crippen molar-refractivity contribution in [3.05, 3.63) is 120 Å². The zero-order chi connectivity index (χ0) is 28.2. The van der Waals surface area contributed by atoms with Gasteiger partial charge >= 0.3 is 0 Å². The Morgan fingerprint density at radius 2 is 1.54 bits per heavy atom. The number of likely N-dealkylation sites (tertiary alicyclic amines) is 1. The number of aromatic nitrogens is 1. The van der Waals surface area contributed by atoms with E-state index in [4.69, 9.17) is 9.47 Å². The Balaban J connectivity index is 1.23. The summed E-state index contributed by atoms with van der Waals surface area (Å²) in [6, 6.07) is 31.2. The van der Waals surface area contributed by atoms with Gasteiger partial charge in [0, 0.05) is 43.0 Å². The van der Waals surface area contributed by atoms with Crippen molar-refractivity contribution in [3.63, 3.8) is 0 Å². The second kappa shape index (κ2) is 12.1. The molecule has 210 valence electrons. The number of aryl methyl sites for hydroxylation is 1. The molecule has 0 spiro atoms. The molecule has 41 heavy (non-hydrogen) atoms. The summed E-state index contributed by atoms with van der Waals surface area (Å²) in [5.41, 5.74) is 6.49. The molecule has 0 N–H and O–H groups in total. The van der Waals surface area contributed by atoms with Crippen LogP contribution in [0.1, 0.15) is 16.7 Å². The Bertz CT molecular complexity index is 1590. The molecule has 0 saturated carbocycles. The first-order valence-corrected chi connectivity index (χ1v) is 14.1. The monoisotopic (exact) mass is 552 g/mol. The zero-order valence-corrected chi connectivity index (χ0v) is 23.2. The highest BCUT2D eigenvalue weighted by Gasteiger charge is 2.25. The van der Waals surface area contributed by atoms with Crippen LogP contribution in [0.15, 0.2) is 97.1 Å². The molecule has 1 aromatic heterocycles. The summed E-state index contributed by atoms with van der Waals surface area (Å²) in [6.45, 7) is 6.07. The number of hydrogen-bond donors (Lipinski definition) is 0. The van der Waals surface area contributed by atoms with Gasteiger partial charge in [-0.15, -0.1) is 0 Å². The number of hydrogen-bond acceptors (Lipinski definition) is 3. The largest absolute Gasteiger partial charge is 0.492 e. The van der Waals surface area contributed by atoms with Crippen LogP contribution in [-0.2, 0) is 13.2 Å². The third-order valence-electron chi connectivity index (χ3n) is 7.85. The highest BCUT2D eigenvalue weighted by atomic mass is 19.1. The lowest BCUT2D eigenvalue weighted by Crippen LogP contribution is -2.49. The second-order valence-electron chi connectivity index (χ2n) is 10.8. The smallest absolute Gasteiger partial charge is 0.123 e. The molecule has 6 heteroatoms. The van der Waals surface area contributed by atoms with Gasteiger partial charge in [-0.25, -0.2) is 4.39 Å². The van der Waals surface area contributed by atoms with Crippen LogP contribution in [0.4, 0.5) is 8.78 Å². The van der Waals surface area contributed by atoms with Gasteiger partial charge in [0.05, 0.1) is 12.4 Å². The van der Waals surface area contributed by atoms with Gasteiger partial charge in [0.15, 0.2) is 0 Å². The molecule has 0 bridgehead atoms. The second-order valence-corrected chi connectivity index (χ2v) is 10.8. The zero-order valence-electron chi connectivity index (χ0n) is 23.2. The highest BCUT2D eigenvalue weighted by molar-refractivity contribution is 5.92. The van der Waals surface area contributed by atoms with Crippen molar-refractivity contribution >= 4 is 10.9 Å². The predicted octanol–water partition coefficient (Wildman–Crippen LogP) is 7.66. The van der Waals surface area contributed by atoms with E-state index in [0.29, 0.717) is 19.8 Å². The van der Waals surface area contributed by atoms with Crippen molar-refractivity contribution in [1.29, 1.82) is 0 Å². The van der Waals surface area contributed by atoms with Crippen LogP contribution in [0.3, 0.4) is 0 Å². The van der Waals surface area contributed by atoms with Crippen LogP contribution in [0.5, 0.6) is 11.5 Å². The van der Waals surface area contributed by atoms with E-state index in [1.54, 1.807) is 0 Å². The Morgan fingerprint density at radius 3 is 2.27 bits per heavy atom. The Kier molecular flexibility index (Phi) is 8.01. The number of nitrogens with zero attached hydrogens (tertiary/aromatic N) is 2. The van der Waals surface area contributed by atoms with E-state index in [1.165, 1.54) is 12.1 Å². The SMILES string of the molecule is Cc1c(-c2ccc(F)cc2)n(Cc2ccc(OCCN3CC(CF)C3)cc2)c2ccc(OCc3ccccc3)cc12. The quantitative estimate of drug-likeness (QED) is 0.168. The fraction of sp³-hybridized carbons (Fsp3) is 0.257. The topological polar surface area (TPSA) is 26.6 Å². The maximum Gasteiger partial charge on any atom is 0.123 e. The molecule has 6 rings (SSSR count). The van der Waals surface area contributed by atoms with Crippen LogP contribution in [-0.4, -0.2) is 42.4 Å². The minimum atomic E-state index is -0.252. The van der Waals surface area contributed by atoms with Crippen LogP contribution in [0.25, 0.3) is 22.2 Å². The van der Waals surface area contributed by atoms with E-state index in [0.717, 1.165) is 70.0 Å². The van der Waals surface area contributed by atoms with Crippen LogP contribution in [0.2, 0.25) is 0 Å². The standard InChI is InChI=1S/C35H34F2N2O2/c1-25-33-19-32(41-24-27-5-3-2-4-6-27)15-16-34(33)39(35(25)29-9-11-30(37)12-10-29)23-26-7-13-31(14-8-26)40-18-17-38-21-28(20-36)22-38/h2-16,19,28H,17-18,20-24H2,1H3. The molecule has 1 fully saturated rings. The molecule has 2 heterocycles. The van der Waals surface area contributed by atoms with Gasteiger partial charge in [-0.1, -0.05) is 42.5 Å². The first-order valence-electron chi connectivity index (χ1n) is 14.1. The molecule has 0 atom stereocenters. The van der Waals surface area contributed by atoms with Crippen LogP contribution >= 0.6 is 0 Å². The lowest BCUT2D eigenvalue weighted by molar-refractivity contribution is 0.0668. The van der Waals surface area contributed by atoms with Crippen molar-refractivity contribution in [1.82, 2.24) is 9.47 Å². The summed E-state index contributed by atoms with van der Waals surface area (Å²) in [4.78, 5) is 2.22. The number of alkyl halides is 1. The maximum atomic E-state index is 13.8. The molecule has 4 aromatic carbocycles. The molecular weight excluding hydrogens is 518 g/mol. The summed E-state index contributed by atoms with van der Waals surface area (Å²) in [5.74, 6) is 1.57. The van der Waals surface area contributed by atoms with Gasteiger partial charge in [0.25, 0.3) is 0 Å². The van der Waals surface area contributed by atoms with E-state index >= 15 is 0 Å². The number of benzene rings is 4. The molecule has 4 nitrogen and oxygen atoms in total. The summed E-state index contributed by atoms with van der Waals surface area (Å²) in [7, 11) is 0. The van der Waals surface area contributed by atoms with E-state index in [9.17, 15) is 8.78 Å². The molecule has 0 radical (unpaired) electrons. The van der Waals surface area contributed by atoms with Gasteiger partial charge in [-0.2, -0.15) is 0 Å². The fourth-order valence-corrected chi connectivity index (χ4v) is 5.60. The molecule has 1 saturated heterocycles. The third-order valence-corrected chi connectivity index (χ3v) is 7.85. The Morgan fingerprint density at radius 1 is 0.805 bits per heavy atom. The van der Waals surface area contributed by atoms with Gasteiger partial charge < -0.3 is 14.0 Å². The van der Waals surface area contributed by atoms with Crippen molar-refractivity contribution in [2.45, 2.75) is 20.1 Å². The molecule has 1 aliphatic heterocycles. The van der Waals surface area contributed by atoms with E-state index in [-0.39, 0.29) is 18.4 Å². The molecule has 5 aromatic rings. The summed E-state index contributed by atoms with van der Waals surface area (Å²) >= 11 is 0. The van der Waals surface area contributed by atoms with Crippen LogP contribution < -0.4 is 9.47 Å². The van der Waals surface area contributed by atoms with Crippen molar-refractivity contribution in [3.8, 4) is 22.8 Å². The van der Waals surface area contributed by atoms with Gasteiger partial charge in [-0.05, 0) is 83.8 Å². The van der Waals surface area contributed by atoms with Gasteiger partial charge in [0.1, 0.15) is 30.5 Å². The molecule has 0 aliphatic carbocycles. The Labute approximate surface area is 239 Å². The average molecular weight is 553 g/mol. The summed E-state index contributed by atoms with van der Waals surface area (Å²) < 4.78 is 40.8. The molecular formula is C35H34F2N2O2. The van der Waals surface area contributed by atoms with E-state index in [2.05, 4.69) is 52.8 Å². The number of rotatable bonds is 11. The number of fused-ring (bicyclic) bond motifs is 1. The maximum absolute atomic E-state index is 13.8. The number of ether oxygens (including phenoxy) is 2.